The molecule has 1 aliphatic rings. The van der Waals surface area contributed by atoms with Crippen molar-refractivity contribution in [2.45, 2.75) is 6.42 Å². The van der Waals surface area contributed by atoms with Crippen LogP contribution < -0.4 is 0 Å². The fraction of sp³-hybridized carbons (Fsp3) is 0.0714. The number of carbonyl (C=O) groups excluding carboxylic acids is 1. The zero-order valence-electron chi connectivity index (χ0n) is 9.31. The SMILES string of the molecule is O=C1C(=Cc2cc(Br)cs2)Cc2c(O)cccc21. The van der Waals surface area contributed by atoms with Crippen molar-refractivity contribution in [2.24, 2.45) is 0 Å². The van der Waals surface area contributed by atoms with Crippen LogP contribution in [-0.4, -0.2) is 10.9 Å². The minimum absolute atomic E-state index is 0.0189. The van der Waals surface area contributed by atoms with E-state index in [1.807, 2.05) is 17.5 Å². The predicted octanol–water partition coefficient (Wildman–Crippen LogP) is 4.04. The molecule has 0 radical (unpaired) electrons. The molecule has 3 rings (SSSR count). The lowest BCUT2D eigenvalue weighted by Gasteiger charge is -1.97. The van der Waals surface area contributed by atoms with Gasteiger partial charge in [0, 0.05) is 37.9 Å². The summed E-state index contributed by atoms with van der Waals surface area (Å²) < 4.78 is 1.02. The van der Waals surface area contributed by atoms with Crippen LogP contribution in [0.25, 0.3) is 6.08 Å². The minimum Gasteiger partial charge on any atom is -0.508 e. The lowest BCUT2D eigenvalue weighted by atomic mass is 10.1. The van der Waals surface area contributed by atoms with Crippen molar-refractivity contribution in [1.29, 1.82) is 0 Å². The molecule has 1 aromatic carbocycles. The molecule has 0 spiro atoms. The van der Waals surface area contributed by atoms with Crippen LogP contribution in [-0.2, 0) is 6.42 Å². The fourth-order valence-electron chi connectivity index (χ4n) is 2.11. The van der Waals surface area contributed by atoms with Gasteiger partial charge in [-0.2, -0.15) is 0 Å². The van der Waals surface area contributed by atoms with Gasteiger partial charge >= 0.3 is 0 Å². The molecule has 0 saturated carbocycles. The van der Waals surface area contributed by atoms with Gasteiger partial charge in [-0.05, 0) is 34.1 Å². The van der Waals surface area contributed by atoms with E-state index in [4.69, 9.17) is 0 Å². The summed E-state index contributed by atoms with van der Waals surface area (Å²) in [4.78, 5) is 13.2. The molecule has 0 saturated heterocycles. The highest BCUT2D eigenvalue weighted by molar-refractivity contribution is 9.10. The number of fused-ring (bicyclic) bond motifs is 1. The Bertz CT molecular complexity index is 670. The largest absolute Gasteiger partial charge is 0.508 e. The molecule has 90 valence electrons. The third-order valence-corrected chi connectivity index (χ3v) is 4.60. The number of phenols is 1. The van der Waals surface area contributed by atoms with Crippen LogP contribution in [0.1, 0.15) is 20.8 Å². The van der Waals surface area contributed by atoms with Crippen molar-refractivity contribution in [2.75, 3.05) is 0 Å². The maximum Gasteiger partial charge on any atom is 0.189 e. The Labute approximate surface area is 117 Å². The number of thiophene rings is 1. The first-order chi connectivity index (χ1) is 8.65. The van der Waals surface area contributed by atoms with Crippen molar-refractivity contribution in [1.82, 2.24) is 0 Å². The van der Waals surface area contributed by atoms with Crippen LogP contribution in [0, 0.1) is 0 Å². The van der Waals surface area contributed by atoms with E-state index < -0.39 is 0 Å². The number of hydrogen-bond donors (Lipinski definition) is 1. The Hall–Kier alpha value is -1.39. The number of allylic oxidation sites excluding steroid dienone is 1. The lowest BCUT2D eigenvalue weighted by molar-refractivity contribution is 0.104. The average molecular weight is 321 g/mol. The first-order valence-electron chi connectivity index (χ1n) is 5.45. The van der Waals surface area contributed by atoms with Gasteiger partial charge in [-0.25, -0.2) is 0 Å². The van der Waals surface area contributed by atoms with E-state index in [9.17, 15) is 9.90 Å². The van der Waals surface area contributed by atoms with Crippen molar-refractivity contribution >= 4 is 39.1 Å². The van der Waals surface area contributed by atoms with Crippen LogP contribution in [0.5, 0.6) is 5.75 Å². The van der Waals surface area contributed by atoms with E-state index in [0.29, 0.717) is 12.0 Å². The van der Waals surface area contributed by atoms with E-state index in [1.54, 1.807) is 29.5 Å². The Kier molecular flexibility index (Phi) is 2.84. The first kappa shape index (κ1) is 11.7. The number of halogens is 1. The number of ketones is 1. The number of Topliss-reactive ketones (excluding diaryl/α,β-unsaturated/α-hetero) is 1. The van der Waals surface area contributed by atoms with Gasteiger partial charge in [0.1, 0.15) is 5.75 Å². The third-order valence-electron chi connectivity index (χ3n) is 2.96. The molecule has 0 amide bonds. The maximum atomic E-state index is 12.2. The molecule has 0 fully saturated rings. The summed E-state index contributed by atoms with van der Waals surface area (Å²) in [6, 6.07) is 7.07. The van der Waals surface area contributed by atoms with Crippen molar-refractivity contribution < 1.29 is 9.90 Å². The third kappa shape index (κ3) is 1.91. The van der Waals surface area contributed by atoms with Gasteiger partial charge < -0.3 is 5.11 Å². The molecule has 1 N–H and O–H groups in total. The van der Waals surface area contributed by atoms with Gasteiger partial charge in [0.05, 0.1) is 0 Å². The minimum atomic E-state index is 0.0189. The molecule has 1 aliphatic carbocycles. The maximum absolute atomic E-state index is 12.2. The molecular weight excluding hydrogens is 312 g/mol. The number of phenolic OH excluding ortho intramolecular Hbond substituents is 1. The van der Waals surface area contributed by atoms with Gasteiger partial charge in [-0.3, -0.25) is 4.79 Å². The number of carbonyl (C=O) groups is 1. The highest BCUT2D eigenvalue weighted by Gasteiger charge is 2.26. The number of benzene rings is 1. The molecule has 1 heterocycles. The molecule has 0 unspecified atom stereocenters. The van der Waals surface area contributed by atoms with E-state index in [2.05, 4.69) is 15.9 Å². The number of rotatable bonds is 1. The molecule has 0 atom stereocenters. The standard InChI is InChI=1S/C14H9BrO2S/c15-9-6-10(18-7-9)4-8-5-12-11(14(8)17)2-1-3-13(12)16/h1-4,6-7,16H,5H2. The Morgan fingerprint density at radius 1 is 1.39 bits per heavy atom. The van der Waals surface area contributed by atoms with E-state index >= 15 is 0 Å². The summed E-state index contributed by atoms with van der Waals surface area (Å²) in [6.45, 7) is 0. The van der Waals surface area contributed by atoms with Crippen LogP contribution in [0.2, 0.25) is 0 Å². The van der Waals surface area contributed by atoms with Gasteiger partial charge in [0.15, 0.2) is 5.78 Å². The molecule has 18 heavy (non-hydrogen) atoms. The molecule has 0 bridgehead atoms. The first-order valence-corrected chi connectivity index (χ1v) is 7.12. The second kappa shape index (κ2) is 4.37. The van der Waals surface area contributed by atoms with Crippen molar-refractivity contribution in [3.63, 3.8) is 0 Å². The van der Waals surface area contributed by atoms with Crippen LogP contribution in [0.3, 0.4) is 0 Å². The van der Waals surface area contributed by atoms with Gasteiger partial charge in [-0.1, -0.05) is 12.1 Å². The molecular formula is C14H9BrO2S. The molecule has 1 aromatic heterocycles. The second-order valence-electron chi connectivity index (χ2n) is 4.15. The van der Waals surface area contributed by atoms with Gasteiger partial charge in [0.2, 0.25) is 0 Å². The highest BCUT2D eigenvalue weighted by Crippen LogP contribution is 2.34. The highest BCUT2D eigenvalue weighted by atomic mass is 79.9. The zero-order valence-corrected chi connectivity index (χ0v) is 11.7. The van der Waals surface area contributed by atoms with E-state index in [-0.39, 0.29) is 11.5 Å². The summed E-state index contributed by atoms with van der Waals surface area (Å²) in [5.41, 5.74) is 2.10. The summed E-state index contributed by atoms with van der Waals surface area (Å²) in [7, 11) is 0. The lowest BCUT2D eigenvalue weighted by Crippen LogP contribution is -1.94. The summed E-state index contributed by atoms with van der Waals surface area (Å²) >= 11 is 4.98. The molecule has 2 nitrogen and oxygen atoms in total. The Balaban J connectivity index is 2.02. The summed E-state index contributed by atoms with van der Waals surface area (Å²) in [5, 5.41) is 11.7. The van der Waals surface area contributed by atoms with Crippen molar-refractivity contribution in [3.05, 3.63) is 55.7 Å². The zero-order chi connectivity index (χ0) is 12.7. The van der Waals surface area contributed by atoms with Crippen molar-refractivity contribution in [3.8, 4) is 5.75 Å². The smallest absolute Gasteiger partial charge is 0.189 e. The topological polar surface area (TPSA) is 37.3 Å². The fourth-order valence-corrected chi connectivity index (χ4v) is 3.51. The average Bonchev–Trinajstić information content (AvgIpc) is 2.88. The monoisotopic (exact) mass is 320 g/mol. The predicted molar refractivity (Wildman–Crippen MR) is 76.1 cm³/mol. The van der Waals surface area contributed by atoms with Crippen LogP contribution in [0.4, 0.5) is 0 Å². The van der Waals surface area contributed by atoms with Crippen LogP contribution >= 0.6 is 27.3 Å². The van der Waals surface area contributed by atoms with E-state index in [0.717, 1.165) is 20.5 Å². The normalized spacial score (nSPS) is 16.3. The molecule has 0 aliphatic heterocycles. The molecule has 2 aromatic rings. The summed E-state index contributed by atoms with van der Waals surface area (Å²) in [6.07, 6.45) is 2.41. The number of aromatic hydroxyl groups is 1. The van der Waals surface area contributed by atoms with Gasteiger partial charge in [-0.15, -0.1) is 11.3 Å². The quantitative estimate of drug-likeness (QED) is 0.805. The number of hydrogen-bond acceptors (Lipinski definition) is 3. The van der Waals surface area contributed by atoms with Gasteiger partial charge in [0.25, 0.3) is 0 Å². The second-order valence-corrected chi connectivity index (χ2v) is 6.00. The van der Waals surface area contributed by atoms with E-state index in [1.165, 1.54) is 0 Å². The summed E-state index contributed by atoms with van der Waals surface area (Å²) in [5.74, 6) is 0.224. The Morgan fingerprint density at radius 2 is 2.22 bits per heavy atom. The van der Waals surface area contributed by atoms with Crippen LogP contribution in [0.15, 0.2) is 39.7 Å². The Morgan fingerprint density at radius 3 is 2.89 bits per heavy atom. The molecule has 4 heteroatoms.